The van der Waals surface area contributed by atoms with Gasteiger partial charge in [0.05, 0.1) is 0 Å². The number of carboxylic acids is 1. The molecule has 1 saturated carbocycles. The Hall–Kier alpha value is -1.51. The molecular weight excluding hydrogens is 228 g/mol. The molecular formula is C15H20O3. The summed E-state index contributed by atoms with van der Waals surface area (Å²) in [5, 5.41) is 9.47. The third kappa shape index (κ3) is 2.50. The van der Waals surface area contributed by atoms with E-state index in [9.17, 15) is 9.90 Å². The number of rotatable bonds is 3. The lowest BCUT2D eigenvalue weighted by Gasteiger charge is -2.34. The minimum atomic E-state index is -1.02. The van der Waals surface area contributed by atoms with E-state index < -0.39 is 11.6 Å². The van der Waals surface area contributed by atoms with Crippen LogP contribution in [0.3, 0.4) is 0 Å². The third-order valence-corrected chi connectivity index (χ3v) is 3.69. The van der Waals surface area contributed by atoms with Crippen molar-refractivity contribution in [1.82, 2.24) is 0 Å². The number of hydrogen-bond donors (Lipinski definition) is 1. The molecule has 0 atom stereocenters. The van der Waals surface area contributed by atoms with Crippen LogP contribution in [0, 0.1) is 13.8 Å². The SMILES string of the molecule is Cc1ccc(OC2(C(=O)O)CCCCC2)c(C)c1. The van der Waals surface area contributed by atoms with Crippen LogP contribution < -0.4 is 4.74 Å². The Bertz CT molecular complexity index is 445. The Morgan fingerprint density at radius 1 is 1.22 bits per heavy atom. The van der Waals surface area contributed by atoms with Crippen molar-refractivity contribution in [2.75, 3.05) is 0 Å². The van der Waals surface area contributed by atoms with Crippen LogP contribution in [0.1, 0.15) is 43.2 Å². The van der Waals surface area contributed by atoms with Crippen molar-refractivity contribution in [3.63, 3.8) is 0 Å². The lowest BCUT2D eigenvalue weighted by Crippen LogP contribution is -2.46. The second-order valence-electron chi connectivity index (χ2n) is 5.23. The topological polar surface area (TPSA) is 46.5 Å². The molecule has 0 amide bonds. The fraction of sp³-hybridized carbons (Fsp3) is 0.533. The number of carbonyl (C=O) groups is 1. The van der Waals surface area contributed by atoms with E-state index in [-0.39, 0.29) is 0 Å². The molecule has 3 heteroatoms. The van der Waals surface area contributed by atoms with E-state index in [2.05, 4.69) is 0 Å². The van der Waals surface area contributed by atoms with Gasteiger partial charge in [-0.15, -0.1) is 0 Å². The van der Waals surface area contributed by atoms with E-state index in [0.717, 1.165) is 30.4 Å². The first-order valence-corrected chi connectivity index (χ1v) is 6.53. The van der Waals surface area contributed by atoms with Crippen molar-refractivity contribution >= 4 is 5.97 Å². The van der Waals surface area contributed by atoms with Crippen LogP contribution in [0.2, 0.25) is 0 Å². The Kier molecular flexibility index (Phi) is 3.60. The zero-order valence-corrected chi connectivity index (χ0v) is 11.0. The third-order valence-electron chi connectivity index (χ3n) is 3.69. The van der Waals surface area contributed by atoms with Gasteiger partial charge < -0.3 is 9.84 Å². The van der Waals surface area contributed by atoms with Gasteiger partial charge in [0, 0.05) is 0 Å². The maximum absolute atomic E-state index is 11.5. The van der Waals surface area contributed by atoms with Crippen molar-refractivity contribution in [3.8, 4) is 5.75 Å². The summed E-state index contributed by atoms with van der Waals surface area (Å²) in [6.07, 6.45) is 4.17. The quantitative estimate of drug-likeness (QED) is 0.891. The van der Waals surface area contributed by atoms with Gasteiger partial charge in [-0.05, 0) is 51.2 Å². The average Bonchev–Trinajstić information content (AvgIpc) is 2.34. The van der Waals surface area contributed by atoms with Crippen molar-refractivity contribution in [2.24, 2.45) is 0 Å². The first kappa shape index (κ1) is 12.9. The molecule has 2 rings (SSSR count). The van der Waals surface area contributed by atoms with Crippen LogP contribution >= 0.6 is 0 Å². The van der Waals surface area contributed by atoms with Crippen LogP contribution in [0.25, 0.3) is 0 Å². The summed E-state index contributed by atoms with van der Waals surface area (Å²) in [7, 11) is 0. The van der Waals surface area contributed by atoms with E-state index in [1.165, 1.54) is 0 Å². The van der Waals surface area contributed by atoms with Gasteiger partial charge in [0.2, 0.25) is 5.60 Å². The van der Waals surface area contributed by atoms with E-state index in [1.54, 1.807) is 0 Å². The summed E-state index contributed by atoms with van der Waals surface area (Å²) in [6, 6.07) is 5.86. The molecule has 1 aromatic rings. The average molecular weight is 248 g/mol. The van der Waals surface area contributed by atoms with Gasteiger partial charge in [-0.25, -0.2) is 4.79 Å². The standard InChI is InChI=1S/C15H20O3/c1-11-6-7-13(12(2)10-11)18-15(14(16)17)8-4-3-5-9-15/h6-7,10H,3-5,8-9H2,1-2H3,(H,16,17). The molecule has 0 radical (unpaired) electrons. The zero-order valence-electron chi connectivity index (χ0n) is 11.0. The van der Waals surface area contributed by atoms with E-state index >= 15 is 0 Å². The number of hydrogen-bond acceptors (Lipinski definition) is 2. The molecule has 18 heavy (non-hydrogen) atoms. The van der Waals surface area contributed by atoms with Gasteiger partial charge in [-0.1, -0.05) is 24.1 Å². The molecule has 0 heterocycles. The lowest BCUT2D eigenvalue weighted by atomic mass is 9.84. The van der Waals surface area contributed by atoms with Crippen LogP contribution in [-0.4, -0.2) is 16.7 Å². The van der Waals surface area contributed by atoms with Crippen molar-refractivity contribution in [1.29, 1.82) is 0 Å². The summed E-state index contributed by atoms with van der Waals surface area (Å²) in [4.78, 5) is 11.5. The molecule has 1 N–H and O–H groups in total. The maximum Gasteiger partial charge on any atom is 0.348 e. The zero-order chi connectivity index (χ0) is 13.2. The van der Waals surface area contributed by atoms with E-state index in [1.807, 2.05) is 32.0 Å². The van der Waals surface area contributed by atoms with E-state index in [0.29, 0.717) is 18.6 Å². The lowest BCUT2D eigenvalue weighted by molar-refractivity contribution is -0.158. The molecule has 0 unspecified atom stereocenters. The molecule has 0 spiro atoms. The first-order chi connectivity index (χ1) is 8.53. The number of ether oxygens (including phenoxy) is 1. The maximum atomic E-state index is 11.5. The molecule has 3 nitrogen and oxygen atoms in total. The monoisotopic (exact) mass is 248 g/mol. The fourth-order valence-electron chi connectivity index (χ4n) is 2.61. The molecule has 0 aromatic heterocycles. The summed E-state index contributed by atoms with van der Waals surface area (Å²) >= 11 is 0. The summed E-state index contributed by atoms with van der Waals surface area (Å²) in [5.41, 5.74) is 1.15. The van der Waals surface area contributed by atoms with Gasteiger partial charge in [-0.3, -0.25) is 0 Å². The van der Waals surface area contributed by atoms with Gasteiger partial charge in [0.25, 0.3) is 0 Å². The van der Waals surface area contributed by atoms with Gasteiger partial charge in [0.1, 0.15) is 5.75 Å². The number of aliphatic carboxylic acids is 1. The highest BCUT2D eigenvalue weighted by Crippen LogP contribution is 2.34. The van der Waals surface area contributed by atoms with Crippen LogP contribution in [-0.2, 0) is 4.79 Å². The van der Waals surface area contributed by atoms with Crippen LogP contribution in [0.15, 0.2) is 18.2 Å². The highest BCUT2D eigenvalue weighted by atomic mass is 16.5. The highest BCUT2D eigenvalue weighted by Gasteiger charge is 2.42. The predicted octanol–water partition coefficient (Wildman–Crippen LogP) is 3.47. The van der Waals surface area contributed by atoms with Gasteiger partial charge >= 0.3 is 5.97 Å². The van der Waals surface area contributed by atoms with Crippen LogP contribution in [0.4, 0.5) is 0 Å². The van der Waals surface area contributed by atoms with Crippen molar-refractivity contribution < 1.29 is 14.6 Å². The molecule has 98 valence electrons. The largest absolute Gasteiger partial charge is 0.478 e. The minimum absolute atomic E-state index is 0.607. The van der Waals surface area contributed by atoms with Crippen LogP contribution in [0.5, 0.6) is 5.75 Å². The smallest absolute Gasteiger partial charge is 0.348 e. The Morgan fingerprint density at radius 2 is 1.89 bits per heavy atom. The summed E-state index contributed by atoms with van der Waals surface area (Å²) < 4.78 is 5.89. The first-order valence-electron chi connectivity index (χ1n) is 6.53. The fourth-order valence-corrected chi connectivity index (χ4v) is 2.61. The molecule has 1 aromatic carbocycles. The molecule has 1 fully saturated rings. The second-order valence-corrected chi connectivity index (χ2v) is 5.23. The Morgan fingerprint density at radius 3 is 2.44 bits per heavy atom. The molecule has 1 aliphatic carbocycles. The Labute approximate surface area is 108 Å². The molecule has 1 aliphatic rings. The van der Waals surface area contributed by atoms with Crippen molar-refractivity contribution in [2.45, 2.75) is 51.6 Å². The number of aryl methyl sites for hydroxylation is 2. The van der Waals surface area contributed by atoms with Gasteiger partial charge in [0.15, 0.2) is 0 Å². The molecule has 0 aliphatic heterocycles. The number of benzene rings is 1. The normalized spacial score (nSPS) is 18.3. The second kappa shape index (κ2) is 5.01. The Balaban J connectivity index is 2.26. The van der Waals surface area contributed by atoms with Gasteiger partial charge in [-0.2, -0.15) is 0 Å². The predicted molar refractivity (Wildman–Crippen MR) is 70.0 cm³/mol. The minimum Gasteiger partial charge on any atom is -0.478 e. The molecule has 0 bridgehead atoms. The molecule has 0 saturated heterocycles. The highest BCUT2D eigenvalue weighted by molar-refractivity contribution is 5.78. The summed E-state index contributed by atoms with van der Waals surface area (Å²) in [6.45, 7) is 3.98. The summed E-state index contributed by atoms with van der Waals surface area (Å²) in [5.74, 6) is -0.132. The van der Waals surface area contributed by atoms with Crippen molar-refractivity contribution in [3.05, 3.63) is 29.3 Å². The van der Waals surface area contributed by atoms with E-state index in [4.69, 9.17) is 4.74 Å². The number of carboxylic acid groups (broad SMARTS) is 1.